The Morgan fingerprint density at radius 2 is 1.67 bits per heavy atom. The zero-order valence-corrected chi connectivity index (χ0v) is 13.5. The van der Waals surface area contributed by atoms with Crippen LogP contribution in [-0.4, -0.2) is 8.42 Å². The van der Waals surface area contributed by atoms with Gasteiger partial charge in [0.15, 0.2) is 0 Å². The van der Waals surface area contributed by atoms with E-state index >= 15 is 0 Å². The van der Waals surface area contributed by atoms with E-state index in [1.807, 2.05) is 0 Å². The predicted molar refractivity (Wildman–Crippen MR) is 86.3 cm³/mol. The molecule has 0 aliphatic carbocycles. The number of nitrogens with one attached hydrogen (secondary N) is 1. The van der Waals surface area contributed by atoms with E-state index in [1.54, 1.807) is 37.3 Å². The minimum Gasteiger partial charge on any atom is -0.324 e. The Balaban J connectivity index is 2.41. The number of hydrogen-bond donors (Lipinski definition) is 2. The zero-order chi connectivity index (χ0) is 15.6. The van der Waals surface area contributed by atoms with Crippen LogP contribution in [0.2, 0.25) is 10.0 Å². The molecule has 0 fully saturated rings. The Morgan fingerprint density at radius 3 is 2.24 bits per heavy atom. The van der Waals surface area contributed by atoms with Crippen molar-refractivity contribution in [3.8, 4) is 0 Å². The van der Waals surface area contributed by atoms with Gasteiger partial charge in [-0.05, 0) is 36.8 Å². The maximum absolute atomic E-state index is 12.4. The van der Waals surface area contributed by atoms with Crippen molar-refractivity contribution in [2.75, 3.05) is 4.72 Å². The lowest BCUT2D eigenvalue weighted by molar-refractivity contribution is 0.601. The van der Waals surface area contributed by atoms with Gasteiger partial charge in [0, 0.05) is 6.04 Å². The molecule has 2 rings (SSSR count). The van der Waals surface area contributed by atoms with E-state index in [9.17, 15) is 8.42 Å². The summed E-state index contributed by atoms with van der Waals surface area (Å²) >= 11 is 11.9. The van der Waals surface area contributed by atoms with Gasteiger partial charge in [-0.1, -0.05) is 41.4 Å². The van der Waals surface area contributed by atoms with Gasteiger partial charge >= 0.3 is 0 Å². The van der Waals surface area contributed by atoms with Crippen LogP contribution in [0.1, 0.15) is 18.5 Å². The van der Waals surface area contributed by atoms with Crippen molar-refractivity contribution >= 4 is 38.9 Å². The van der Waals surface area contributed by atoms with Gasteiger partial charge in [-0.15, -0.1) is 0 Å². The molecule has 0 saturated carbocycles. The molecule has 112 valence electrons. The maximum atomic E-state index is 12.4. The summed E-state index contributed by atoms with van der Waals surface area (Å²) in [5.74, 6) is 0. The van der Waals surface area contributed by atoms with E-state index in [1.165, 1.54) is 12.1 Å². The molecule has 7 heteroatoms. The number of para-hydroxylation sites is 1. The topological polar surface area (TPSA) is 72.2 Å². The minimum atomic E-state index is -3.79. The van der Waals surface area contributed by atoms with Gasteiger partial charge in [-0.25, -0.2) is 8.42 Å². The molecular weight excluding hydrogens is 331 g/mol. The smallest absolute Gasteiger partial charge is 0.261 e. The Kier molecular flexibility index (Phi) is 4.78. The highest BCUT2D eigenvalue weighted by atomic mass is 35.5. The first kappa shape index (κ1) is 16.1. The van der Waals surface area contributed by atoms with Gasteiger partial charge in [0.05, 0.1) is 20.6 Å². The van der Waals surface area contributed by atoms with Crippen molar-refractivity contribution in [3.05, 3.63) is 58.1 Å². The molecule has 0 heterocycles. The molecule has 0 radical (unpaired) electrons. The highest BCUT2D eigenvalue weighted by molar-refractivity contribution is 7.92. The van der Waals surface area contributed by atoms with E-state index in [-0.39, 0.29) is 26.7 Å². The van der Waals surface area contributed by atoms with Crippen LogP contribution in [0.5, 0.6) is 0 Å². The fraction of sp³-hybridized carbons (Fsp3) is 0.143. The van der Waals surface area contributed by atoms with Crippen LogP contribution in [0.4, 0.5) is 5.69 Å². The fourth-order valence-corrected chi connectivity index (χ4v) is 3.51. The van der Waals surface area contributed by atoms with E-state index in [2.05, 4.69) is 4.72 Å². The van der Waals surface area contributed by atoms with Gasteiger partial charge in [0.2, 0.25) is 0 Å². The van der Waals surface area contributed by atoms with Gasteiger partial charge in [-0.2, -0.15) is 0 Å². The molecule has 0 spiro atoms. The quantitative estimate of drug-likeness (QED) is 0.885. The summed E-state index contributed by atoms with van der Waals surface area (Å²) in [6, 6.07) is 10.9. The van der Waals surface area contributed by atoms with Crippen LogP contribution in [0.3, 0.4) is 0 Å². The Hall–Kier alpha value is -1.27. The molecule has 0 aromatic heterocycles. The van der Waals surface area contributed by atoms with Gasteiger partial charge in [-0.3, -0.25) is 4.72 Å². The molecule has 0 bridgehead atoms. The molecule has 1 atom stereocenters. The summed E-state index contributed by atoms with van der Waals surface area (Å²) in [4.78, 5) is 0.105. The standard InChI is InChI=1S/C14H14Cl2N2O2S/c1-9(17)10-4-2-5-11(8-10)21(19,20)18-14-12(15)6-3-7-13(14)16/h2-9,18H,17H2,1H3. The molecule has 2 aromatic carbocycles. The predicted octanol–water partition coefficient (Wildman–Crippen LogP) is 3.81. The molecular formula is C14H14Cl2N2O2S. The zero-order valence-electron chi connectivity index (χ0n) is 11.2. The molecule has 0 amide bonds. The number of nitrogens with two attached hydrogens (primary N) is 1. The third-order valence-corrected chi connectivity index (χ3v) is 4.87. The van der Waals surface area contributed by atoms with E-state index in [0.29, 0.717) is 0 Å². The highest BCUT2D eigenvalue weighted by Crippen LogP contribution is 2.32. The third kappa shape index (κ3) is 3.68. The second-order valence-electron chi connectivity index (χ2n) is 4.56. The second-order valence-corrected chi connectivity index (χ2v) is 7.06. The van der Waals surface area contributed by atoms with Crippen molar-refractivity contribution in [3.63, 3.8) is 0 Å². The SMILES string of the molecule is CC(N)c1cccc(S(=O)(=O)Nc2c(Cl)cccc2Cl)c1. The van der Waals surface area contributed by atoms with E-state index < -0.39 is 10.0 Å². The van der Waals surface area contributed by atoms with Crippen LogP contribution in [0, 0.1) is 0 Å². The minimum absolute atomic E-state index is 0.105. The Labute approximate surface area is 133 Å². The lowest BCUT2D eigenvalue weighted by Gasteiger charge is -2.13. The fourth-order valence-electron chi connectivity index (χ4n) is 1.75. The van der Waals surface area contributed by atoms with Crippen molar-refractivity contribution < 1.29 is 8.42 Å². The molecule has 21 heavy (non-hydrogen) atoms. The highest BCUT2D eigenvalue weighted by Gasteiger charge is 2.18. The summed E-state index contributed by atoms with van der Waals surface area (Å²) in [5.41, 5.74) is 6.65. The summed E-state index contributed by atoms with van der Waals surface area (Å²) in [5, 5.41) is 0.462. The van der Waals surface area contributed by atoms with Crippen LogP contribution >= 0.6 is 23.2 Å². The first-order valence-corrected chi connectivity index (χ1v) is 8.37. The average molecular weight is 345 g/mol. The Morgan fingerprint density at radius 1 is 1.10 bits per heavy atom. The first-order chi connectivity index (χ1) is 9.81. The largest absolute Gasteiger partial charge is 0.324 e. The number of benzene rings is 2. The van der Waals surface area contributed by atoms with Gasteiger partial charge < -0.3 is 5.73 Å². The maximum Gasteiger partial charge on any atom is 0.261 e. The van der Waals surface area contributed by atoms with Crippen molar-refractivity contribution in [2.45, 2.75) is 17.9 Å². The average Bonchev–Trinajstić information content (AvgIpc) is 2.43. The molecule has 1 unspecified atom stereocenters. The number of halogens is 2. The van der Waals surface area contributed by atoms with Gasteiger partial charge in [0.25, 0.3) is 10.0 Å². The summed E-state index contributed by atoms with van der Waals surface area (Å²) in [6.45, 7) is 1.78. The normalized spacial score (nSPS) is 13.0. The molecule has 3 N–H and O–H groups in total. The molecule has 2 aromatic rings. The molecule has 0 saturated heterocycles. The number of hydrogen-bond acceptors (Lipinski definition) is 3. The molecule has 4 nitrogen and oxygen atoms in total. The van der Waals surface area contributed by atoms with Crippen LogP contribution in [0.15, 0.2) is 47.4 Å². The number of rotatable bonds is 4. The second kappa shape index (κ2) is 6.23. The lowest BCUT2D eigenvalue weighted by atomic mass is 10.1. The van der Waals surface area contributed by atoms with E-state index in [4.69, 9.17) is 28.9 Å². The first-order valence-electron chi connectivity index (χ1n) is 6.13. The third-order valence-electron chi connectivity index (χ3n) is 2.89. The van der Waals surface area contributed by atoms with E-state index in [0.717, 1.165) is 5.56 Å². The van der Waals surface area contributed by atoms with Crippen LogP contribution in [-0.2, 0) is 10.0 Å². The van der Waals surface area contributed by atoms with Gasteiger partial charge in [0.1, 0.15) is 0 Å². The van der Waals surface area contributed by atoms with Crippen molar-refractivity contribution in [1.82, 2.24) is 0 Å². The van der Waals surface area contributed by atoms with Crippen molar-refractivity contribution in [1.29, 1.82) is 0 Å². The van der Waals surface area contributed by atoms with Crippen LogP contribution < -0.4 is 10.5 Å². The summed E-state index contributed by atoms with van der Waals surface area (Å²) < 4.78 is 27.2. The summed E-state index contributed by atoms with van der Waals surface area (Å²) in [6.07, 6.45) is 0. The number of anilines is 1. The Bertz CT molecular complexity index is 741. The van der Waals surface area contributed by atoms with Crippen LogP contribution in [0.25, 0.3) is 0 Å². The van der Waals surface area contributed by atoms with Crippen molar-refractivity contribution in [2.24, 2.45) is 5.73 Å². The lowest BCUT2D eigenvalue weighted by Crippen LogP contribution is -2.14. The molecule has 0 aliphatic heterocycles. The summed E-state index contributed by atoms with van der Waals surface area (Å²) in [7, 11) is -3.79. The molecule has 0 aliphatic rings. The number of sulfonamides is 1. The monoisotopic (exact) mass is 344 g/mol.